The van der Waals surface area contributed by atoms with E-state index in [1.54, 1.807) is 6.07 Å². The second kappa shape index (κ2) is 12.0. The molecule has 43 heavy (non-hydrogen) atoms. The highest BCUT2D eigenvalue weighted by molar-refractivity contribution is 6.34. The van der Waals surface area contributed by atoms with E-state index in [2.05, 4.69) is 4.90 Å². The number of fused-ring (bicyclic) bond motifs is 2. The second-order valence-electron chi connectivity index (χ2n) is 12.8. The fourth-order valence-corrected chi connectivity index (χ4v) is 8.10. The lowest BCUT2D eigenvalue weighted by molar-refractivity contribution is -0.262. The molecule has 4 heterocycles. The number of piperidine rings is 2. The number of aliphatic hydroxyl groups is 1. The van der Waals surface area contributed by atoms with Gasteiger partial charge >= 0.3 is 6.18 Å². The molecule has 232 valence electrons. The largest absolute Gasteiger partial charge is 0.430 e. The molecule has 4 aliphatic heterocycles. The first kappa shape index (κ1) is 30.3. The van der Waals surface area contributed by atoms with Crippen LogP contribution in [0.1, 0.15) is 73.7 Å². The average molecular weight is 618 g/mol. The molecule has 0 unspecified atom stereocenters. The van der Waals surface area contributed by atoms with Gasteiger partial charge < -0.3 is 19.8 Å². The van der Waals surface area contributed by atoms with Crippen molar-refractivity contribution in [2.75, 3.05) is 31.1 Å². The molecule has 2 bridgehead atoms. The third kappa shape index (κ3) is 5.75. The highest BCUT2D eigenvalue weighted by Crippen LogP contribution is 2.42. The number of benzene rings is 2. The zero-order chi connectivity index (χ0) is 30.4. The van der Waals surface area contributed by atoms with Crippen molar-refractivity contribution in [3.63, 3.8) is 0 Å². The molecule has 0 spiro atoms. The van der Waals surface area contributed by atoms with Crippen LogP contribution in [0.25, 0.3) is 0 Å². The topological polar surface area (TPSA) is 64.1 Å². The Morgan fingerprint density at radius 1 is 0.814 bits per heavy atom. The van der Waals surface area contributed by atoms with Gasteiger partial charge in [-0.2, -0.15) is 13.2 Å². The molecule has 1 N–H and O–H groups in total. The van der Waals surface area contributed by atoms with Gasteiger partial charge in [-0.05, 0) is 87.8 Å². The molecule has 1 atom stereocenters. The first-order valence-corrected chi connectivity index (χ1v) is 15.9. The summed E-state index contributed by atoms with van der Waals surface area (Å²) in [6.07, 6.45) is 3.46. The van der Waals surface area contributed by atoms with E-state index in [1.807, 2.05) is 23.1 Å². The SMILES string of the molecule is O=C(c1ccc(N2CCC(CC3CCN(C(=O)[C@](O)(c4ccccc4)C(F)(F)F)CC3)CC2)cc1Cl)N1[C@H]2CC[C@@H]1CC2. The van der Waals surface area contributed by atoms with Gasteiger partial charge in [-0.15, -0.1) is 0 Å². The zero-order valence-electron chi connectivity index (χ0n) is 24.2. The summed E-state index contributed by atoms with van der Waals surface area (Å²) < 4.78 is 41.9. The van der Waals surface area contributed by atoms with Crippen LogP contribution in [0.3, 0.4) is 0 Å². The highest BCUT2D eigenvalue weighted by Gasteiger charge is 2.62. The van der Waals surface area contributed by atoms with Crippen molar-refractivity contribution in [3.05, 3.63) is 64.7 Å². The van der Waals surface area contributed by atoms with Crippen LogP contribution in [0.15, 0.2) is 48.5 Å². The summed E-state index contributed by atoms with van der Waals surface area (Å²) in [6, 6.07) is 13.1. The third-order valence-electron chi connectivity index (χ3n) is 10.3. The molecule has 6 rings (SSSR count). The van der Waals surface area contributed by atoms with E-state index in [1.165, 1.54) is 17.0 Å². The van der Waals surface area contributed by atoms with Gasteiger partial charge in [0, 0.05) is 49.5 Å². The van der Waals surface area contributed by atoms with E-state index in [-0.39, 0.29) is 19.0 Å². The van der Waals surface area contributed by atoms with E-state index in [0.717, 1.165) is 75.9 Å². The van der Waals surface area contributed by atoms with Gasteiger partial charge in [-0.3, -0.25) is 9.59 Å². The smallest absolute Gasteiger partial charge is 0.371 e. The van der Waals surface area contributed by atoms with Crippen molar-refractivity contribution in [2.24, 2.45) is 11.8 Å². The number of nitrogens with zero attached hydrogens (tertiary/aromatic N) is 3. The van der Waals surface area contributed by atoms with Crippen LogP contribution in [0, 0.1) is 11.8 Å². The molecule has 10 heteroatoms. The maximum atomic E-state index is 14.0. The van der Waals surface area contributed by atoms with Crippen LogP contribution in [0.5, 0.6) is 0 Å². The Hall–Kier alpha value is -2.78. The van der Waals surface area contributed by atoms with Gasteiger partial charge in [0.2, 0.25) is 0 Å². The lowest BCUT2D eigenvalue weighted by atomic mass is 9.82. The van der Waals surface area contributed by atoms with E-state index in [0.29, 0.717) is 47.3 Å². The number of rotatable bonds is 6. The normalized spacial score (nSPS) is 24.8. The van der Waals surface area contributed by atoms with Crippen molar-refractivity contribution in [2.45, 2.75) is 81.6 Å². The number of halogens is 4. The van der Waals surface area contributed by atoms with E-state index in [4.69, 9.17) is 11.6 Å². The van der Waals surface area contributed by atoms with E-state index >= 15 is 0 Å². The maximum Gasteiger partial charge on any atom is 0.430 e. The lowest BCUT2D eigenvalue weighted by Gasteiger charge is -2.40. The van der Waals surface area contributed by atoms with Gasteiger partial charge in [0.05, 0.1) is 10.6 Å². The molecule has 6 nitrogen and oxygen atoms in total. The van der Waals surface area contributed by atoms with Gasteiger partial charge in [-0.25, -0.2) is 0 Å². The molecule has 2 aromatic rings. The number of likely N-dealkylation sites (tertiary alicyclic amines) is 1. The Labute approximate surface area is 255 Å². The number of anilines is 1. The number of hydrogen-bond donors (Lipinski definition) is 1. The summed E-state index contributed by atoms with van der Waals surface area (Å²) in [5, 5.41) is 11.2. The summed E-state index contributed by atoms with van der Waals surface area (Å²) in [5.74, 6) is -0.410. The van der Waals surface area contributed by atoms with Crippen LogP contribution >= 0.6 is 11.6 Å². The maximum absolute atomic E-state index is 14.0. The van der Waals surface area contributed by atoms with Crippen LogP contribution in [0.4, 0.5) is 18.9 Å². The summed E-state index contributed by atoms with van der Waals surface area (Å²) in [7, 11) is 0. The van der Waals surface area contributed by atoms with E-state index in [9.17, 15) is 27.9 Å². The van der Waals surface area contributed by atoms with Crippen LogP contribution in [-0.2, 0) is 10.4 Å². The Balaban J connectivity index is 0.996. The Morgan fingerprint density at radius 2 is 1.37 bits per heavy atom. The van der Waals surface area contributed by atoms with Gasteiger partial charge in [0.15, 0.2) is 0 Å². The van der Waals surface area contributed by atoms with Crippen molar-refractivity contribution < 1.29 is 27.9 Å². The molecular formula is C33H39ClF3N3O3. The predicted octanol–water partition coefficient (Wildman–Crippen LogP) is 6.40. The van der Waals surface area contributed by atoms with Crippen LogP contribution < -0.4 is 4.90 Å². The summed E-state index contributed by atoms with van der Waals surface area (Å²) in [6.45, 7) is 2.15. The quantitative estimate of drug-likeness (QED) is 0.407. The fourth-order valence-electron chi connectivity index (χ4n) is 7.84. The van der Waals surface area contributed by atoms with E-state index < -0.39 is 23.2 Å². The molecule has 0 aromatic heterocycles. The first-order valence-electron chi connectivity index (χ1n) is 15.6. The lowest BCUT2D eigenvalue weighted by Crippen LogP contribution is -2.57. The van der Waals surface area contributed by atoms with Crippen molar-refractivity contribution >= 4 is 29.1 Å². The number of amides is 2. The van der Waals surface area contributed by atoms with Crippen LogP contribution in [-0.4, -0.2) is 71.2 Å². The minimum atomic E-state index is -5.12. The molecule has 0 radical (unpaired) electrons. The third-order valence-corrected chi connectivity index (χ3v) is 10.6. The monoisotopic (exact) mass is 617 g/mol. The second-order valence-corrected chi connectivity index (χ2v) is 13.2. The number of alkyl halides is 3. The first-order chi connectivity index (χ1) is 20.6. The van der Waals surface area contributed by atoms with Crippen LogP contribution in [0.2, 0.25) is 5.02 Å². The molecule has 2 aromatic carbocycles. The minimum absolute atomic E-state index is 0.0520. The Kier molecular flexibility index (Phi) is 8.41. The predicted molar refractivity (Wildman–Crippen MR) is 159 cm³/mol. The fraction of sp³-hybridized carbons (Fsp3) is 0.576. The highest BCUT2D eigenvalue weighted by atomic mass is 35.5. The number of hydrogen-bond acceptors (Lipinski definition) is 4. The molecule has 4 fully saturated rings. The average Bonchev–Trinajstić information content (AvgIpc) is 3.61. The molecular weight excluding hydrogens is 579 g/mol. The Bertz CT molecular complexity index is 1310. The van der Waals surface area contributed by atoms with Gasteiger partial charge in [-0.1, -0.05) is 41.9 Å². The van der Waals surface area contributed by atoms with Gasteiger partial charge in [0.25, 0.3) is 17.4 Å². The summed E-state index contributed by atoms with van der Waals surface area (Å²) in [5.41, 5.74) is -2.40. The number of carbonyl (C=O) groups excluding carboxylic acids is 2. The summed E-state index contributed by atoms with van der Waals surface area (Å²) in [4.78, 5) is 31.8. The van der Waals surface area contributed by atoms with Crippen molar-refractivity contribution in [1.82, 2.24) is 9.80 Å². The van der Waals surface area contributed by atoms with Gasteiger partial charge in [0.1, 0.15) is 0 Å². The number of carbonyl (C=O) groups is 2. The van der Waals surface area contributed by atoms with Crippen molar-refractivity contribution in [3.8, 4) is 0 Å². The Morgan fingerprint density at radius 3 is 1.91 bits per heavy atom. The molecule has 2 amide bonds. The molecule has 0 saturated carbocycles. The molecule has 0 aliphatic carbocycles. The molecule has 4 aliphatic rings. The molecule has 4 saturated heterocycles. The standard InChI is InChI=1S/C33H39ClF3N3O3/c34-29-21-27(10-11-28(29)30(41)40-25-6-7-26(40)9-8-25)38-16-12-22(13-17-38)20-23-14-18-39(19-15-23)31(42)32(43,33(35,36)37)24-4-2-1-3-5-24/h1-5,10-11,21-23,25-26,43H,6-9,12-20H2/t25-,26+,32-/m1/s1. The van der Waals surface area contributed by atoms with Crippen molar-refractivity contribution in [1.29, 1.82) is 0 Å². The summed E-state index contributed by atoms with van der Waals surface area (Å²) >= 11 is 6.64. The minimum Gasteiger partial charge on any atom is -0.371 e. The zero-order valence-corrected chi connectivity index (χ0v) is 25.0.